The van der Waals surface area contributed by atoms with E-state index in [0.29, 0.717) is 6.07 Å². The van der Waals surface area contributed by atoms with Gasteiger partial charge in [-0.3, -0.25) is 5.01 Å². The number of hydrazine groups is 1. The lowest BCUT2D eigenvalue weighted by Gasteiger charge is -2.43. The number of nitrogens with one attached hydrogen (secondary N) is 2. The molecule has 0 aliphatic carbocycles. The van der Waals surface area contributed by atoms with Crippen LogP contribution in [0.2, 0.25) is 0 Å². The number of hydrogen-bond acceptors (Lipinski definition) is 6. The third kappa shape index (κ3) is 7.32. The molecule has 0 bridgehead atoms. The number of carbonyl (C=O) groups is 1. The molecule has 0 aliphatic heterocycles. The van der Waals surface area contributed by atoms with Crippen LogP contribution >= 0.6 is 12.2 Å². The van der Waals surface area contributed by atoms with Crippen LogP contribution < -0.4 is 10.7 Å². The van der Waals surface area contributed by atoms with Crippen LogP contribution in [0.25, 0.3) is 0 Å². The minimum Gasteiger partial charge on any atom is -0.443 e. The Labute approximate surface area is 203 Å². The molecule has 2 rings (SSSR count). The summed E-state index contributed by atoms with van der Waals surface area (Å²) in [7, 11) is 0. The van der Waals surface area contributed by atoms with Crippen molar-refractivity contribution in [2.75, 3.05) is 0 Å². The summed E-state index contributed by atoms with van der Waals surface area (Å²) >= 11 is 5.52. The molecular formula is C22H32F2N6O3S. The fraction of sp³-hybridized carbons (Fsp3) is 0.545. The number of ether oxygens (including phenoxy) is 1. The van der Waals surface area contributed by atoms with Gasteiger partial charge in [0, 0.05) is 17.2 Å². The van der Waals surface area contributed by atoms with Crippen LogP contribution in [0, 0.1) is 11.6 Å². The van der Waals surface area contributed by atoms with E-state index in [0.717, 1.165) is 12.1 Å². The van der Waals surface area contributed by atoms with Gasteiger partial charge in [0.2, 0.25) is 0 Å². The van der Waals surface area contributed by atoms with E-state index in [4.69, 9.17) is 17.0 Å². The van der Waals surface area contributed by atoms with Crippen LogP contribution in [-0.4, -0.2) is 53.3 Å². The lowest BCUT2D eigenvalue weighted by Crippen LogP contribution is -2.64. The Morgan fingerprint density at radius 3 is 2.41 bits per heavy atom. The molecule has 0 saturated carbocycles. The van der Waals surface area contributed by atoms with Gasteiger partial charge in [0.1, 0.15) is 35.5 Å². The SMILES string of the molecule is CC(N(NC(=O)OC(C)(C)C)C(=S)NC(C)(C)C)C(O)(Cn1cncn1)c1ccc(F)cc1F. The Hall–Kier alpha value is -2.86. The van der Waals surface area contributed by atoms with Gasteiger partial charge in [-0.15, -0.1) is 0 Å². The second-order valence-corrected chi connectivity index (χ2v) is 10.4. The van der Waals surface area contributed by atoms with Crippen LogP contribution in [0.3, 0.4) is 0 Å². The number of amides is 1. The van der Waals surface area contributed by atoms with Crippen molar-refractivity contribution in [3.63, 3.8) is 0 Å². The first kappa shape index (κ1) is 27.4. The molecule has 9 nitrogen and oxygen atoms in total. The molecular weight excluding hydrogens is 466 g/mol. The standard InChI is InChI=1S/C22H32F2N6O3S/c1-14(30(18(34)27-20(2,3)4)28-19(31)33-21(5,6)7)22(32,11-29-13-25-12-26-29)16-9-8-15(23)10-17(16)24/h8-10,12-14,32H,11H2,1-7H3,(H,27,34)(H,28,31). The van der Waals surface area contributed by atoms with Gasteiger partial charge < -0.3 is 15.2 Å². The summed E-state index contributed by atoms with van der Waals surface area (Å²) in [5.74, 6) is -1.77. The van der Waals surface area contributed by atoms with E-state index >= 15 is 0 Å². The molecule has 2 atom stereocenters. The maximum atomic E-state index is 14.9. The number of aliphatic hydroxyl groups is 1. The third-order valence-corrected chi connectivity index (χ3v) is 4.96. The number of aromatic nitrogens is 3. The number of rotatable bonds is 5. The molecule has 34 heavy (non-hydrogen) atoms. The molecule has 1 aromatic carbocycles. The number of halogens is 2. The monoisotopic (exact) mass is 498 g/mol. The molecule has 2 unspecified atom stereocenters. The zero-order valence-electron chi connectivity index (χ0n) is 20.4. The minimum atomic E-state index is -2.05. The summed E-state index contributed by atoms with van der Waals surface area (Å²) in [4.78, 5) is 16.5. The van der Waals surface area contributed by atoms with Crippen molar-refractivity contribution in [3.8, 4) is 0 Å². The zero-order chi connectivity index (χ0) is 25.9. The van der Waals surface area contributed by atoms with Crippen molar-refractivity contribution in [1.82, 2.24) is 30.5 Å². The van der Waals surface area contributed by atoms with Crippen LogP contribution in [-0.2, 0) is 16.9 Å². The molecule has 12 heteroatoms. The molecule has 0 spiro atoms. The van der Waals surface area contributed by atoms with Crippen LogP contribution in [0.1, 0.15) is 54.0 Å². The Morgan fingerprint density at radius 1 is 1.26 bits per heavy atom. The summed E-state index contributed by atoms with van der Waals surface area (Å²) in [5, 5.41) is 20.2. The van der Waals surface area contributed by atoms with E-state index in [1.165, 1.54) is 29.3 Å². The summed E-state index contributed by atoms with van der Waals surface area (Å²) < 4.78 is 35.2. The first-order valence-electron chi connectivity index (χ1n) is 10.6. The fourth-order valence-corrected chi connectivity index (χ4v) is 3.67. The molecule has 3 N–H and O–H groups in total. The van der Waals surface area contributed by atoms with Gasteiger partial charge in [0.15, 0.2) is 5.11 Å². The van der Waals surface area contributed by atoms with Crippen molar-refractivity contribution >= 4 is 23.4 Å². The number of carbonyl (C=O) groups excluding carboxylic acids is 1. The van der Waals surface area contributed by atoms with Gasteiger partial charge in [-0.25, -0.2) is 28.7 Å². The third-order valence-electron chi connectivity index (χ3n) is 4.66. The first-order chi connectivity index (χ1) is 15.5. The van der Waals surface area contributed by atoms with Gasteiger partial charge in [0.25, 0.3) is 0 Å². The van der Waals surface area contributed by atoms with Gasteiger partial charge >= 0.3 is 6.09 Å². The topological polar surface area (TPSA) is 105 Å². The molecule has 188 valence electrons. The van der Waals surface area contributed by atoms with Crippen LogP contribution in [0.5, 0.6) is 0 Å². The minimum absolute atomic E-state index is 0.0467. The summed E-state index contributed by atoms with van der Waals surface area (Å²) in [6.45, 7) is 11.9. The highest BCUT2D eigenvalue weighted by Gasteiger charge is 2.44. The normalized spacial score (nSPS) is 14.6. The molecule has 1 amide bonds. The van der Waals surface area contributed by atoms with E-state index < -0.39 is 40.5 Å². The van der Waals surface area contributed by atoms with Gasteiger partial charge in [-0.2, -0.15) is 5.10 Å². The lowest BCUT2D eigenvalue weighted by molar-refractivity contribution is -0.0586. The maximum absolute atomic E-state index is 14.9. The molecule has 1 heterocycles. The van der Waals surface area contributed by atoms with E-state index in [1.807, 2.05) is 20.8 Å². The molecule has 0 aliphatic rings. The Morgan fingerprint density at radius 2 is 1.91 bits per heavy atom. The van der Waals surface area contributed by atoms with Gasteiger partial charge in [0.05, 0.1) is 12.6 Å². The predicted octanol–water partition coefficient (Wildman–Crippen LogP) is 3.25. The average Bonchev–Trinajstić information content (AvgIpc) is 3.15. The number of nitrogens with zero attached hydrogens (tertiary/aromatic N) is 4. The summed E-state index contributed by atoms with van der Waals surface area (Å²) in [6, 6.07) is 1.76. The Balaban J connectivity index is 2.56. The quantitative estimate of drug-likeness (QED) is 0.426. The zero-order valence-corrected chi connectivity index (χ0v) is 21.2. The van der Waals surface area contributed by atoms with Crippen molar-refractivity contribution in [2.45, 2.75) is 77.8 Å². The molecule has 2 aromatic rings. The van der Waals surface area contributed by atoms with E-state index in [-0.39, 0.29) is 17.2 Å². The lowest BCUT2D eigenvalue weighted by atomic mass is 9.86. The van der Waals surface area contributed by atoms with Crippen LogP contribution in [0.4, 0.5) is 13.6 Å². The first-order valence-corrected chi connectivity index (χ1v) is 11.0. The van der Waals surface area contributed by atoms with Crippen molar-refractivity contribution < 1.29 is 23.4 Å². The molecule has 1 aromatic heterocycles. The van der Waals surface area contributed by atoms with Gasteiger partial charge in [-0.1, -0.05) is 6.07 Å². The molecule has 0 saturated heterocycles. The van der Waals surface area contributed by atoms with E-state index in [1.54, 1.807) is 20.8 Å². The highest BCUT2D eigenvalue weighted by molar-refractivity contribution is 7.80. The number of hydrogen-bond donors (Lipinski definition) is 3. The largest absolute Gasteiger partial charge is 0.443 e. The van der Waals surface area contributed by atoms with E-state index in [2.05, 4.69) is 20.8 Å². The predicted molar refractivity (Wildman–Crippen MR) is 126 cm³/mol. The smallest absolute Gasteiger partial charge is 0.426 e. The fourth-order valence-electron chi connectivity index (χ4n) is 3.16. The van der Waals surface area contributed by atoms with Crippen molar-refractivity contribution in [3.05, 3.63) is 48.1 Å². The highest BCUT2D eigenvalue weighted by Crippen LogP contribution is 2.32. The number of benzene rings is 1. The highest BCUT2D eigenvalue weighted by atomic mass is 32.1. The van der Waals surface area contributed by atoms with Crippen molar-refractivity contribution in [2.24, 2.45) is 0 Å². The maximum Gasteiger partial charge on any atom is 0.426 e. The van der Waals surface area contributed by atoms with Gasteiger partial charge in [-0.05, 0) is 66.8 Å². The second-order valence-electron chi connectivity index (χ2n) is 9.98. The average molecular weight is 499 g/mol. The van der Waals surface area contributed by atoms with E-state index in [9.17, 15) is 18.7 Å². The molecule has 0 fully saturated rings. The second kappa shape index (κ2) is 10.2. The van der Waals surface area contributed by atoms with Crippen molar-refractivity contribution in [1.29, 1.82) is 0 Å². The Bertz CT molecular complexity index is 1010. The van der Waals surface area contributed by atoms with Crippen LogP contribution in [0.15, 0.2) is 30.9 Å². The summed E-state index contributed by atoms with van der Waals surface area (Å²) in [6.07, 6.45) is 1.77. The summed E-state index contributed by atoms with van der Waals surface area (Å²) in [5.41, 5.74) is -1.03. The molecule has 0 radical (unpaired) electrons. The number of thiocarbonyl (C=S) groups is 1. The Kier molecular flexibility index (Phi) is 8.20.